The molecule has 18 heavy (non-hydrogen) atoms. The van der Waals surface area contributed by atoms with Gasteiger partial charge in [0, 0.05) is 0 Å². The maximum Gasteiger partial charge on any atom is 0.417 e. The van der Waals surface area contributed by atoms with Crippen molar-refractivity contribution in [3.63, 3.8) is 0 Å². The average Bonchev–Trinajstić information content (AvgIpc) is 2.12. The summed E-state index contributed by atoms with van der Waals surface area (Å²) in [7, 11) is 0. The highest BCUT2D eigenvalue weighted by Crippen LogP contribution is 2.42. The number of alkyl halides is 6. The molecule has 1 rings (SSSR count). The van der Waals surface area contributed by atoms with Gasteiger partial charge in [-0.3, -0.25) is 0 Å². The summed E-state index contributed by atoms with van der Waals surface area (Å²) in [5.41, 5.74) is -5.79. The van der Waals surface area contributed by atoms with Crippen LogP contribution in [0.3, 0.4) is 0 Å². The normalized spacial score (nSPS) is 12.6. The van der Waals surface area contributed by atoms with Crippen molar-refractivity contribution >= 4 is 5.97 Å². The van der Waals surface area contributed by atoms with E-state index in [4.69, 9.17) is 5.11 Å². The van der Waals surface area contributed by atoms with Crippen LogP contribution in [-0.4, -0.2) is 11.1 Å². The van der Waals surface area contributed by atoms with E-state index in [9.17, 15) is 31.1 Å². The molecule has 0 radical (unpaired) electrons. The summed E-state index contributed by atoms with van der Waals surface area (Å²) in [6, 6.07) is 0.829. The molecule has 1 aromatic rings. The zero-order valence-corrected chi connectivity index (χ0v) is 8.78. The number of rotatable bonds is 1. The van der Waals surface area contributed by atoms with Crippen molar-refractivity contribution in [1.82, 2.24) is 0 Å². The number of hydrogen-bond donors (Lipinski definition) is 1. The summed E-state index contributed by atoms with van der Waals surface area (Å²) in [4.78, 5) is 10.6. The lowest BCUT2D eigenvalue weighted by atomic mass is 9.97. The van der Waals surface area contributed by atoms with E-state index in [1.165, 1.54) is 0 Å². The predicted molar refractivity (Wildman–Crippen MR) is 48.1 cm³/mol. The molecule has 0 aliphatic carbocycles. The Balaban J connectivity index is 3.76. The lowest BCUT2D eigenvalue weighted by Gasteiger charge is -2.18. The first kappa shape index (κ1) is 14.3. The van der Waals surface area contributed by atoms with Crippen LogP contribution in [0.25, 0.3) is 0 Å². The highest BCUT2D eigenvalue weighted by atomic mass is 19.4. The quantitative estimate of drug-likeness (QED) is 0.791. The van der Waals surface area contributed by atoms with E-state index in [1.54, 1.807) is 0 Å². The van der Waals surface area contributed by atoms with E-state index < -0.39 is 35.0 Å². The molecule has 0 aromatic heterocycles. The zero-order valence-electron chi connectivity index (χ0n) is 8.78. The summed E-state index contributed by atoms with van der Waals surface area (Å²) in [6.45, 7) is 1.09. The van der Waals surface area contributed by atoms with Crippen molar-refractivity contribution in [2.45, 2.75) is 19.3 Å². The number of aromatic carboxylic acids is 1. The molecule has 0 aliphatic rings. The molecular weight excluding hydrogens is 266 g/mol. The van der Waals surface area contributed by atoms with Gasteiger partial charge in [0.2, 0.25) is 0 Å². The SMILES string of the molecule is Cc1cc(C(=O)O)c(C(F)(F)F)c(C(F)(F)F)c1. The van der Waals surface area contributed by atoms with E-state index in [-0.39, 0.29) is 11.6 Å². The van der Waals surface area contributed by atoms with Crippen molar-refractivity contribution in [2.24, 2.45) is 0 Å². The Bertz CT molecular complexity index is 486. The Morgan fingerprint density at radius 1 is 1.06 bits per heavy atom. The molecule has 0 bridgehead atoms. The Morgan fingerprint density at radius 2 is 1.56 bits per heavy atom. The third-order valence-electron chi connectivity index (χ3n) is 2.10. The van der Waals surface area contributed by atoms with Gasteiger partial charge in [-0.05, 0) is 24.6 Å². The van der Waals surface area contributed by atoms with Crippen molar-refractivity contribution in [3.8, 4) is 0 Å². The molecule has 0 saturated carbocycles. The first-order valence-corrected chi connectivity index (χ1v) is 4.47. The zero-order chi connectivity index (χ0) is 14.3. The summed E-state index contributed by atoms with van der Waals surface area (Å²) < 4.78 is 75.2. The van der Waals surface area contributed by atoms with E-state index in [0.717, 1.165) is 6.92 Å². The van der Waals surface area contributed by atoms with E-state index >= 15 is 0 Å². The standard InChI is InChI=1S/C10H6F6O2/c1-4-2-5(8(17)18)7(10(14,15)16)6(3-4)9(11,12)13/h2-3H,1H3,(H,17,18). The van der Waals surface area contributed by atoms with Crippen molar-refractivity contribution in [2.75, 3.05) is 0 Å². The Kier molecular flexibility index (Phi) is 3.33. The van der Waals surface area contributed by atoms with Gasteiger partial charge in [0.05, 0.1) is 16.7 Å². The van der Waals surface area contributed by atoms with Gasteiger partial charge in [0.1, 0.15) is 0 Å². The third kappa shape index (κ3) is 2.74. The number of carbonyl (C=O) groups is 1. The van der Waals surface area contributed by atoms with Crippen molar-refractivity contribution in [1.29, 1.82) is 0 Å². The lowest BCUT2D eigenvalue weighted by molar-refractivity contribution is -0.162. The van der Waals surface area contributed by atoms with Gasteiger partial charge in [-0.1, -0.05) is 0 Å². The highest BCUT2D eigenvalue weighted by molar-refractivity contribution is 5.90. The van der Waals surface area contributed by atoms with Crippen LogP contribution in [0.5, 0.6) is 0 Å². The molecule has 0 spiro atoms. The molecule has 0 aliphatic heterocycles. The number of carboxylic acids is 1. The second kappa shape index (κ2) is 4.18. The number of halogens is 6. The van der Waals surface area contributed by atoms with Gasteiger partial charge in [0.25, 0.3) is 0 Å². The number of benzene rings is 1. The average molecular weight is 272 g/mol. The second-order valence-electron chi connectivity index (χ2n) is 3.54. The lowest BCUT2D eigenvalue weighted by Crippen LogP contribution is -2.21. The molecule has 1 aromatic carbocycles. The first-order valence-electron chi connectivity index (χ1n) is 4.47. The molecule has 0 atom stereocenters. The van der Waals surface area contributed by atoms with Crippen LogP contribution in [0, 0.1) is 6.92 Å². The molecule has 0 saturated heterocycles. The molecule has 0 heterocycles. The van der Waals surface area contributed by atoms with Crippen molar-refractivity contribution in [3.05, 3.63) is 34.4 Å². The van der Waals surface area contributed by atoms with Gasteiger partial charge < -0.3 is 5.11 Å². The third-order valence-corrected chi connectivity index (χ3v) is 2.10. The van der Waals surface area contributed by atoms with Gasteiger partial charge in [-0.15, -0.1) is 0 Å². The topological polar surface area (TPSA) is 37.3 Å². The van der Waals surface area contributed by atoms with Crippen LogP contribution >= 0.6 is 0 Å². The smallest absolute Gasteiger partial charge is 0.417 e. The summed E-state index contributed by atoms with van der Waals surface area (Å²) >= 11 is 0. The first-order chi connectivity index (χ1) is 7.94. The fraction of sp³-hybridized carbons (Fsp3) is 0.300. The van der Waals surface area contributed by atoms with Crippen LogP contribution in [-0.2, 0) is 12.4 Å². The van der Waals surface area contributed by atoms with Crippen LogP contribution < -0.4 is 0 Å². The number of carboxylic acid groups (broad SMARTS) is 1. The summed E-state index contributed by atoms with van der Waals surface area (Å²) in [6.07, 6.45) is -10.7. The minimum absolute atomic E-state index is 0.215. The molecule has 100 valence electrons. The van der Waals surface area contributed by atoms with Crippen molar-refractivity contribution < 1.29 is 36.2 Å². The van der Waals surface area contributed by atoms with Crippen LogP contribution in [0.1, 0.15) is 27.0 Å². The van der Waals surface area contributed by atoms with Crippen LogP contribution in [0.15, 0.2) is 12.1 Å². The van der Waals surface area contributed by atoms with Gasteiger partial charge in [0.15, 0.2) is 0 Å². The van der Waals surface area contributed by atoms with Crippen LogP contribution in [0.2, 0.25) is 0 Å². The maximum atomic E-state index is 12.6. The fourth-order valence-electron chi connectivity index (χ4n) is 1.48. The molecule has 8 heteroatoms. The molecule has 1 N–H and O–H groups in total. The van der Waals surface area contributed by atoms with Gasteiger partial charge >= 0.3 is 18.3 Å². The molecule has 2 nitrogen and oxygen atoms in total. The van der Waals surface area contributed by atoms with E-state index in [0.29, 0.717) is 6.07 Å². The fourth-order valence-corrected chi connectivity index (χ4v) is 1.48. The Morgan fingerprint density at radius 3 is 1.89 bits per heavy atom. The predicted octanol–water partition coefficient (Wildman–Crippen LogP) is 3.73. The number of aryl methyl sites for hydroxylation is 1. The largest absolute Gasteiger partial charge is 0.478 e. The Hall–Kier alpha value is -1.73. The summed E-state index contributed by atoms with van der Waals surface area (Å²) in [5.74, 6) is -2.06. The number of hydrogen-bond acceptors (Lipinski definition) is 1. The Labute approximate surface area is 96.8 Å². The second-order valence-corrected chi connectivity index (χ2v) is 3.54. The molecule has 0 amide bonds. The molecular formula is C10H6F6O2. The maximum absolute atomic E-state index is 12.6. The summed E-state index contributed by atoms with van der Waals surface area (Å²) in [5, 5.41) is 8.58. The monoisotopic (exact) mass is 272 g/mol. The van der Waals surface area contributed by atoms with Gasteiger partial charge in [-0.25, -0.2) is 4.79 Å². The van der Waals surface area contributed by atoms with Crippen LogP contribution in [0.4, 0.5) is 26.3 Å². The minimum Gasteiger partial charge on any atom is -0.478 e. The molecule has 0 unspecified atom stereocenters. The van der Waals surface area contributed by atoms with E-state index in [2.05, 4.69) is 0 Å². The highest BCUT2D eigenvalue weighted by Gasteiger charge is 2.46. The van der Waals surface area contributed by atoms with Gasteiger partial charge in [-0.2, -0.15) is 26.3 Å². The molecule has 0 fully saturated rings. The van der Waals surface area contributed by atoms with E-state index in [1.807, 2.05) is 0 Å². The minimum atomic E-state index is -5.40.